The molecule has 0 aliphatic heterocycles. The Kier molecular flexibility index (Phi) is 5.60. The van der Waals surface area contributed by atoms with Crippen molar-refractivity contribution in [1.29, 1.82) is 0 Å². The smallest absolute Gasteiger partial charge is 0.289 e. The van der Waals surface area contributed by atoms with E-state index in [2.05, 4.69) is 5.32 Å². The lowest BCUT2D eigenvalue weighted by Gasteiger charge is -2.27. The lowest BCUT2D eigenvalue weighted by Crippen LogP contribution is -2.33. The van der Waals surface area contributed by atoms with Crippen LogP contribution in [-0.4, -0.2) is 37.4 Å². The number of rotatable bonds is 8. The van der Waals surface area contributed by atoms with Crippen LogP contribution < -0.4 is 10.2 Å². The van der Waals surface area contributed by atoms with Crippen molar-refractivity contribution in [3.63, 3.8) is 0 Å². The van der Waals surface area contributed by atoms with Crippen LogP contribution in [-0.2, 0) is 11.3 Å². The molecule has 1 aromatic heterocycles. The van der Waals surface area contributed by atoms with E-state index in [1.807, 2.05) is 42.1 Å². The van der Waals surface area contributed by atoms with Gasteiger partial charge in [-0.2, -0.15) is 0 Å². The van der Waals surface area contributed by atoms with Crippen molar-refractivity contribution < 1.29 is 14.0 Å². The molecule has 154 valence electrons. The van der Waals surface area contributed by atoms with Gasteiger partial charge >= 0.3 is 0 Å². The van der Waals surface area contributed by atoms with Crippen molar-refractivity contribution >= 4 is 23.2 Å². The molecule has 2 aromatic rings. The van der Waals surface area contributed by atoms with E-state index in [0.29, 0.717) is 18.2 Å². The first-order valence-corrected chi connectivity index (χ1v) is 10.4. The number of carbonyl (C=O) groups is 2. The van der Waals surface area contributed by atoms with Crippen LogP contribution in [0.2, 0.25) is 0 Å². The summed E-state index contributed by atoms with van der Waals surface area (Å²) >= 11 is 0. The van der Waals surface area contributed by atoms with Crippen molar-refractivity contribution in [2.24, 2.45) is 11.8 Å². The average molecular weight is 396 g/mol. The third-order valence-electron chi connectivity index (χ3n) is 5.86. The topological polar surface area (TPSA) is 65.8 Å². The Morgan fingerprint density at radius 3 is 2.52 bits per heavy atom. The Morgan fingerprint density at radius 1 is 1.14 bits per heavy atom. The zero-order valence-corrected chi connectivity index (χ0v) is 17.2. The van der Waals surface area contributed by atoms with E-state index in [4.69, 9.17) is 4.42 Å². The van der Waals surface area contributed by atoms with Gasteiger partial charge < -0.3 is 19.5 Å². The molecule has 0 radical (unpaired) electrons. The molecule has 1 heterocycles. The highest BCUT2D eigenvalue weighted by Gasteiger charge is 2.29. The second-order valence-corrected chi connectivity index (χ2v) is 8.46. The van der Waals surface area contributed by atoms with Gasteiger partial charge in [0.1, 0.15) is 0 Å². The first-order valence-electron chi connectivity index (χ1n) is 10.4. The largest absolute Gasteiger partial charge is 0.459 e. The highest BCUT2D eigenvalue weighted by molar-refractivity contribution is 5.93. The van der Waals surface area contributed by atoms with Crippen LogP contribution in [0.3, 0.4) is 0 Å². The summed E-state index contributed by atoms with van der Waals surface area (Å²) < 4.78 is 5.36. The third kappa shape index (κ3) is 4.63. The van der Waals surface area contributed by atoms with Crippen molar-refractivity contribution in [2.45, 2.75) is 38.6 Å². The van der Waals surface area contributed by atoms with E-state index >= 15 is 0 Å². The summed E-state index contributed by atoms with van der Waals surface area (Å²) in [5, 5.41) is 3.05. The second-order valence-electron chi connectivity index (χ2n) is 8.46. The molecule has 6 heteroatoms. The number of nitrogens with zero attached hydrogens (tertiary/aromatic N) is 2. The maximum Gasteiger partial charge on any atom is 0.289 e. The highest BCUT2D eigenvalue weighted by Crippen LogP contribution is 2.33. The first kappa shape index (κ1) is 19.6. The van der Waals surface area contributed by atoms with Gasteiger partial charge in [-0.05, 0) is 67.5 Å². The summed E-state index contributed by atoms with van der Waals surface area (Å²) in [6.45, 7) is 1.21. The number of carbonyl (C=O) groups excluding carboxylic acids is 2. The number of anilines is 2. The fourth-order valence-corrected chi connectivity index (χ4v) is 3.73. The van der Waals surface area contributed by atoms with Crippen LogP contribution in [0.25, 0.3) is 0 Å². The van der Waals surface area contributed by atoms with Gasteiger partial charge in [0.15, 0.2) is 5.76 Å². The van der Waals surface area contributed by atoms with Crippen LogP contribution in [0.4, 0.5) is 11.4 Å². The Morgan fingerprint density at radius 2 is 1.93 bits per heavy atom. The number of nitrogens with one attached hydrogen (secondary N) is 1. The molecule has 0 saturated heterocycles. The fourth-order valence-electron chi connectivity index (χ4n) is 3.73. The molecule has 1 N–H and O–H groups in total. The minimum absolute atomic E-state index is 0.0875. The van der Waals surface area contributed by atoms with E-state index in [9.17, 15) is 9.59 Å². The van der Waals surface area contributed by atoms with Crippen molar-refractivity contribution in [2.75, 3.05) is 30.9 Å². The van der Waals surface area contributed by atoms with Gasteiger partial charge in [-0.3, -0.25) is 9.59 Å². The molecule has 4 rings (SSSR count). The van der Waals surface area contributed by atoms with Gasteiger partial charge in [0.05, 0.1) is 6.26 Å². The number of hydrogen-bond donors (Lipinski definition) is 1. The molecule has 6 nitrogen and oxygen atoms in total. The Labute approximate surface area is 171 Å². The van der Waals surface area contributed by atoms with Crippen LogP contribution in [0.15, 0.2) is 41.0 Å². The molecule has 0 unspecified atom stereocenters. The third-order valence-corrected chi connectivity index (χ3v) is 5.86. The summed E-state index contributed by atoms with van der Waals surface area (Å²) in [7, 11) is 3.98. The highest BCUT2D eigenvalue weighted by atomic mass is 16.3. The van der Waals surface area contributed by atoms with Crippen molar-refractivity contribution in [1.82, 2.24) is 4.90 Å². The van der Waals surface area contributed by atoms with E-state index in [-0.39, 0.29) is 17.7 Å². The molecule has 0 bridgehead atoms. The van der Waals surface area contributed by atoms with Crippen LogP contribution >= 0.6 is 0 Å². The van der Waals surface area contributed by atoms with Gasteiger partial charge in [-0.1, -0.05) is 6.42 Å². The molecule has 2 amide bonds. The minimum Gasteiger partial charge on any atom is -0.459 e. The quantitative estimate of drug-likeness (QED) is 0.730. The number of hydrogen-bond acceptors (Lipinski definition) is 4. The Bertz CT molecular complexity index is 867. The molecular formula is C23H29N3O3. The van der Waals surface area contributed by atoms with E-state index in [0.717, 1.165) is 42.7 Å². The predicted octanol–water partition coefficient (Wildman–Crippen LogP) is 4.14. The first-order chi connectivity index (χ1) is 14.0. The SMILES string of the molecule is CN(C)c1ccc(NC(=O)C2CCC2)cc1CN(CC1CC1)C(=O)c1ccco1. The molecule has 0 spiro atoms. The van der Waals surface area contributed by atoms with Gasteiger partial charge in [0.2, 0.25) is 5.91 Å². The molecule has 2 fully saturated rings. The zero-order chi connectivity index (χ0) is 20.4. The molecular weight excluding hydrogens is 366 g/mol. The van der Waals surface area contributed by atoms with Gasteiger partial charge in [0, 0.05) is 44.5 Å². The average Bonchev–Trinajstić information content (AvgIpc) is 3.28. The second kappa shape index (κ2) is 8.31. The van der Waals surface area contributed by atoms with Crippen LogP contribution in [0, 0.1) is 11.8 Å². The Hall–Kier alpha value is -2.76. The summed E-state index contributed by atoms with van der Waals surface area (Å²) in [6.07, 6.45) is 6.95. The minimum atomic E-state index is -0.0875. The van der Waals surface area contributed by atoms with Crippen molar-refractivity contribution in [3.05, 3.63) is 47.9 Å². The van der Waals surface area contributed by atoms with Gasteiger partial charge in [-0.25, -0.2) is 0 Å². The van der Waals surface area contributed by atoms with Gasteiger partial charge in [-0.15, -0.1) is 0 Å². The zero-order valence-electron chi connectivity index (χ0n) is 17.2. The number of amides is 2. The molecule has 2 aliphatic rings. The molecule has 2 saturated carbocycles. The van der Waals surface area contributed by atoms with Crippen LogP contribution in [0.1, 0.15) is 48.2 Å². The van der Waals surface area contributed by atoms with E-state index in [1.165, 1.54) is 19.1 Å². The number of benzene rings is 1. The maximum atomic E-state index is 13.0. The molecule has 0 atom stereocenters. The summed E-state index contributed by atoms with van der Waals surface area (Å²) in [4.78, 5) is 29.3. The molecule has 2 aliphatic carbocycles. The number of furan rings is 1. The predicted molar refractivity (Wildman–Crippen MR) is 113 cm³/mol. The van der Waals surface area contributed by atoms with Crippen LogP contribution in [0.5, 0.6) is 0 Å². The normalized spacial score (nSPS) is 16.2. The summed E-state index contributed by atoms with van der Waals surface area (Å²) in [5.41, 5.74) is 2.85. The van der Waals surface area contributed by atoms with Crippen molar-refractivity contribution in [3.8, 4) is 0 Å². The van der Waals surface area contributed by atoms with E-state index in [1.54, 1.807) is 12.1 Å². The monoisotopic (exact) mass is 395 g/mol. The molecule has 1 aromatic carbocycles. The summed E-state index contributed by atoms with van der Waals surface area (Å²) in [5.74, 6) is 1.08. The van der Waals surface area contributed by atoms with Gasteiger partial charge in [0.25, 0.3) is 5.91 Å². The Balaban J connectivity index is 1.56. The standard InChI is InChI=1S/C23H29N3O3/c1-25(2)20-11-10-19(24-22(27)17-5-3-6-17)13-18(20)15-26(14-16-8-9-16)23(28)21-7-4-12-29-21/h4,7,10-13,16-17H,3,5-6,8-9,14-15H2,1-2H3,(H,24,27). The maximum absolute atomic E-state index is 13.0. The lowest BCUT2D eigenvalue weighted by atomic mass is 9.85. The fraction of sp³-hybridized carbons (Fsp3) is 0.478. The lowest BCUT2D eigenvalue weighted by molar-refractivity contribution is -0.122. The molecule has 29 heavy (non-hydrogen) atoms. The summed E-state index contributed by atoms with van der Waals surface area (Å²) in [6, 6.07) is 9.41. The van der Waals surface area contributed by atoms with E-state index < -0.39 is 0 Å².